The Kier molecular flexibility index (Phi) is 3.23. The van der Waals surface area contributed by atoms with Crippen LogP contribution in [0.4, 0.5) is 0 Å². The van der Waals surface area contributed by atoms with Gasteiger partial charge >= 0.3 is 0 Å². The van der Waals surface area contributed by atoms with E-state index in [1.54, 1.807) is 0 Å². The van der Waals surface area contributed by atoms with Gasteiger partial charge in [0.15, 0.2) is 0 Å². The Hall–Kier alpha value is -0.890. The molecule has 1 aliphatic carbocycles. The fraction of sp³-hybridized carbons (Fsp3) is 0.625. The second kappa shape index (κ2) is 4.21. The zero-order valence-electron chi connectivity index (χ0n) is 6.77. The molecule has 1 aliphatic rings. The van der Waals surface area contributed by atoms with Crippen LogP contribution < -0.4 is 11.2 Å². The van der Waals surface area contributed by atoms with Crippen LogP contribution in [-0.4, -0.2) is 11.4 Å². The lowest BCUT2D eigenvalue weighted by molar-refractivity contribution is 0.104. The first-order valence-electron chi connectivity index (χ1n) is 3.99. The summed E-state index contributed by atoms with van der Waals surface area (Å²) in [5.74, 6) is 0.104. The van der Waals surface area contributed by atoms with E-state index in [9.17, 15) is 0 Å². The van der Waals surface area contributed by atoms with E-state index >= 15 is 0 Å². The summed E-state index contributed by atoms with van der Waals surface area (Å²) >= 11 is 0. The second-order valence-corrected chi connectivity index (χ2v) is 3.04. The summed E-state index contributed by atoms with van der Waals surface area (Å²) in [6.07, 6.45) is 4.95. The molecular formula is C8H13N3O. The Labute approximate surface area is 71.6 Å². The van der Waals surface area contributed by atoms with Crippen molar-refractivity contribution in [1.29, 1.82) is 5.26 Å². The first-order chi connectivity index (χ1) is 5.77. The zero-order valence-corrected chi connectivity index (χ0v) is 6.77. The molecule has 1 rings (SSSR count). The van der Waals surface area contributed by atoms with Gasteiger partial charge < -0.3 is 10.9 Å². The Morgan fingerprint density at radius 3 is 3.08 bits per heavy atom. The molecule has 4 N–H and O–H groups in total. The summed E-state index contributed by atoms with van der Waals surface area (Å²) in [7, 11) is 0. The van der Waals surface area contributed by atoms with E-state index in [1.165, 1.54) is 0 Å². The molecule has 0 amide bonds. The average Bonchev–Trinajstić information content (AvgIpc) is 2.17. The highest BCUT2D eigenvalue weighted by molar-refractivity contribution is 5.03. The lowest BCUT2D eigenvalue weighted by atomic mass is 9.86. The lowest BCUT2D eigenvalue weighted by Crippen LogP contribution is -2.42. The minimum Gasteiger partial charge on any atom is -0.315 e. The lowest BCUT2D eigenvalue weighted by Gasteiger charge is -2.24. The van der Waals surface area contributed by atoms with E-state index in [2.05, 4.69) is 6.07 Å². The minimum atomic E-state index is -0.461. The van der Waals surface area contributed by atoms with Crippen molar-refractivity contribution >= 4 is 0 Å². The smallest absolute Gasteiger partial charge is 0.0848 e. The van der Waals surface area contributed by atoms with Crippen LogP contribution in [0.25, 0.3) is 0 Å². The number of hydroxylamine groups is 1. The number of nitriles is 1. The maximum absolute atomic E-state index is 8.66. The molecule has 4 heteroatoms. The number of nitrogens with zero attached hydrogens (tertiary/aromatic N) is 1. The summed E-state index contributed by atoms with van der Waals surface area (Å²) in [5.41, 5.74) is 7.54. The molecule has 0 aromatic heterocycles. The number of nitrogens with two attached hydrogens (primary N) is 1. The van der Waals surface area contributed by atoms with Crippen molar-refractivity contribution in [3.8, 4) is 6.07 Å². The van der Waals surface area contributed by atoms with Gasteiger partial charge in [0.1, 0.15) is 0 Å². The molecule has 0 radical (unpaired) electrons. The van der Waals surface area contributed by atoms with E-state index in [0.717, 1.165) is 12.8 Å². The molecule has 0 fully saturated rings. The van der Waals surface area contributed by atoms with Gasteiger partial charge in [-0.1, -0.05) is 12.2 Å². The van der Waals surface area contributed by atoms with Gasteiger partial charge in [-0.05, 0) is 12.8 Å². The highest BCUT2D eigenvalue weighted by Crippen LogP contribution is 2.23. The van der Waals surface area contributed by atoms with E-state index in [1.807, 2.05) is 17.6 Å². The maximum Gasteiger partial charge on any atom is 0.0848 e. The highest BCUT2D eigenvalue weighted by Gasteiger charge is 2.21. The molecule has 0 aromatic rings. The quantitative estimate of drug-likeness (QED) is 0.315. The Balaban J connectivity index is 2.52. The molecular weight excluding hydrogens is 154 g/mol. The number of rotatable bonds is 2. The summed E-state index contributed by atoms with van der Waals surface area (Å²) in [6.45, 7) is 0. The molecule has 3 unspecified atom stereocenters. The molecule has 0 saturated heterocycles. The fourth-order valence-electron chi connectivity index (χ4n) is 1.39. The van der Waals surface area contributed by atoms with Gasteiger partial charge in [-0.2, -0.15) is 10.7 Å². The fourth-order valence-corrected chi connectivity index (χ4v) is 1.39. The molecule has 3 atom stereocenters. The Bertz CT molecular complexity index is 209. The van der Waals surface area contributed by atoms with Crippen molar-refractivity contribution < 1.29 is 5.21 Å². The standard InChI is InChI=1S/C8H13N3O/c9-5-6-2-1-3-7(4-6)8(10)11-12/h1,3,6-8,11-12H,2,4,10H2. The molecule has 0 aliphatic heterocycles. The number of hydrogen-bond donors (Lipinski definition) is 3. The normalized spacial score (nSPS) is 31.1. The molecule has 0 aromatic carbocycles. The van der Waals surface area contributed by atoms with E-state index in [-0.39, 0.29) is 11.8 Å². The third kappa shape index (κ3) is 2.05. The van der Waals surface area contributed by atoms with Crippen molar-refractivity contribution in [2.24, 2.45) is 17.6 Å². The van der Waals surface area contributed by atoms with Crippen molar-refractivity contribution in [3.63, 3.8) is 0 Å². The van der Waals surface area contributed by atoms with Crippen molar-refractivity contribution in [1.82, 2.24) is 5.48 Å². The van der Waals surface area contributed by atoms with Gasteiger partial charge in [0.2, 0.25) is 0 Å². The summed E-state index contributed by atoms with van der Waals surface area (Å²) in [4.78, 5) is 0. The minimum absolute atomic E-state index is 0.0411. The molecule has 4 nitrogen and oxygen atoms in total. The van der Waals surface area contributed by atoms with Crippen LogP contribution in [0.5, 0.6) is 0 Å². The SMILES string of the molecule is N#CC1CC=CC(C(N)NO)C1. The monoisotopic (exact) mass is 167 g/mol. The van der Waals surface area contributed by atoms with Crippen LogP contribution in [0.1, 0.15) is 12.8 Å². The first kappa shape index (κ1) is 9.20. The molecule has 12 heavy (non-hydrogen) atoms. The Morgan fingerprint density at radius 1 is 1.75 bits per heavy atom. The number of nitrogens with one attached hydrogen (secondary N) is 1. The predicted molar refractivity (Wildman–Crippen MR) is 43.9 cm³/mol. The van der Waals surface area contributed by atoms with Gasteiger partial charge in [-0.15, -0.1) is 0 Å². The van der Waals surface area contributed by atoms with Gasteiger partial charge in [0.25, 0.3) is 0 Å². The molecule has 0 bridgehead atoms. The molecule has 66 valence electrons. The largest absolute Gasteiger partial charge is 0.315 e. The van der Waals surface area contributed by atoms with Gasteiger partial charge in [0.05, 0.1) is 18.2 Å². The van der Waals surface area contributed by atoms with Crippen LogP contribution in [0.15, 0.2) is 12.2 Å². The van der Waals surface area contributed by atoms with Crippen molar-refractivity contribution in [3.05, 3.63) is 12.2 Å². The first-order valence-corrected chi connectivity index (χ1v) is 3.99. The van der Waals surface area contributed by atoms with Crippen LogP contribution in [-0.2, 0) is 0 Å². The van der Waals surface area contributed by atoms with Gasteiger partial charge in [-0.3, -0.25) is 0 Å². The summed E-state index contributed by atoms with van der Waals surface area (Å²) in [6, 6.07) is 2.20. The zero-order chi connectivity index (χ0) is 8.97. The van der Waals surface area contributed by atoms with Crippen molar-refractivity contribution in [2.45, 2.75) is 19.0 Å². The Morgan fingerprint density at radius 2 is 2.50 bits per heavy atom. The number of allylic oxidation sites excluding steroid dienone is 1. The second-order valence-electron chi connectivity index (χ2n) is 3.04. The van der Waals surface area contributed by atoms with Crippen LogP contribution in [0.2, 0.25) is 0 Å². The average molecular weight is 167 g/mol. The van der Waals surface area contributed by atoms with Gasteiger partial charge in [-0.25, -0.2) is 0 Å². The van der Waals surface area contributed by atoms with E-state index < -0.39 is 6.17 Å². The van der Waals surface area contributed by atoms with E-state index in [0.29, 0.717) is 0 Å². The molecule has 0 spiro atoms. The van der Waals surface area contributed by atoms with E-state index in [4.69, 9.17) is 16.2 Å². The highest BCUT2D eigenvalue weighted by atomic mass is 16.5. The van der Waals surface area contributed by atoms with Crippen LogP contribution in [0.3, 0.4) is 0 Å². The summed E-state index contributed by atoms with van der Waals surface area (Å²) < 4.78 is 0. The molecule has 0 heterocycles. The topological polar surface area (TPSA) is 82.1 Å². The van der Waals surface area contributed by atoms with Crippen LogP contribution >= 0.6 is 0 Å². The summed E-state index contributed by atoms with van der Waals surface area (Å²) in [5, 5.41) is 17.2. The predicted octanol–water partition coefficient (Wildman–Crippen LogP) is 0.356. The van der Waals surface area contributed by atoms with Crippen molar-refractivity contribution in [2.75, 3.05) is 0 Å². The van der Waals surface area contributed by atoms with Crippen LogP contribution in [0, 0.1) is 23.2 Å². The number of hydrogen-bond acceptors (Lipinski definition) is 4. The third-order valence-electron chi connectivity index (χ3n) is 2.15. The maximum atomic E-state index is 8.66. The molecule has 0 saturated carbocycles. The van der Waals surface area contributed by atoms with Gasteiger partial charge in [0, 0.05) is 5.92 Å². The third-order valence-corrected chi connectivity index (χ3v) is 2.15.